The maximum Gasteiger partial charge on any atom is 0.326 e. The summed E-state index contributed by atoms with van der Waals surface area (Å²) in [7, 11) is -4.74. The van der Waals surface area contributed by atoms with Gasteiger partial charge in [0.05, 0.1) is 16.2 Å². The Hall–Kier alpha value is -8.24. The first kappa shape index (κ1) is 74.8. The van der Waals surface area contributed by atoms with Crippen LogP contribution < -0.4 is 25.6 Å². The predicted molar refractivity (Wildman–Crippen MR) is 355 cm³/mol. The molecule has 94 heavy (non-hydrogen) atoms. The van der Waals surface area contributed by atoms with Crippen molar-refractivity contribution >= 4 is 74.6 Å². The van der Waals surface area contributed by atoms with E-state index in [1.54, 1.807) is 6.07 Å². The summed E-state index contributed by atoms with van der Waals surface area (Å²) in [5.41, 5.74) is 7.22. The zero-order valence-electron chi connectivity index (χ0n) is 54.6. The average molecular weight is 1320 g/mol. The van der Waals surface area contributed by atoms with Crippen LogP contribution in [-0.2, 0) is 54.5 Å². The Bertz CT molecular complexity index is 3480. The number of benzene rings is 3. The molecule has 0 saturated heterocycles. The maximum absolute atomic E-state index is 13.1. The second kappa shape index (κ2) is 35.9. The van der Waals surface area contributed by atoms with Crippen molar-refractivity contribution in [1.82, 2.24) is 16.0 Å². The van der Waals surface area contributed by atoms with Gasteiger partial charge in [0.1, 0.15) is 51.8 Å². The minimum atomic E-state index is -4.74. The van der Waals surface area contributed by atoms with E-state index in [0.29, 0.717) is 76.5 Å². The standard InChI is InChI=1S/C72H93N5O16S/c1-6-7-45-76-60-34-18-17-32-56(60)71(2,3)62(76)41-36-49-25-23-26-50(66(49)93-54-30-14-9-15-31-54)37-42-63-72(4,5)57-48-55(94(90,91)92)38-40-61(57)77(63)46-22-10-13-28-52(78)27-12-8-11-24-51(67(83)84)47-53(79)29-16-19-35-64(80)73-44-21-20-33-58(68(85)86)74-70(89)75-59(69(87)88)39-43-65(81)82/h1,9,14-15,17-18,30-32,34,36-38,40-42,48,51,58-59H,6-8,10-13,16,19-29,33,35,39,43-47H2,2-5H3,(H7-,73,74,75,80,81,82,83,84,85,86,87,88,89,90,91,92). The number of carbonyl (C=O) groups is 8. The van der Waals surface area contributed by atoms with Gasteiger partial charge in [-0.2, -0.15) is 4.58 Å². The monoisotopic (exact) mass is 1320 g/mol. The average Bonchev–Trinajstić information content (AvgIpc) is 1.60. The number of hydrogen-bond acceptors (Lipinski definition) is 13. The summed E-state index contributed by atoms with van der Waals surface area (Å²) >= 11 is 0. The van der Waals surface area contributed by atoms with Crippen LogP contribution in [0.15, 0.2) is 125 Å². The normalized spacial score (nSPS) is 16.8. The van der Waals surface area contributed by atoms with E-state index in [4.69, 9.17) is 16.8 Å². The van der Waals surface area contributed by atoms with Gasteiger partial charge in [0.25, 0.3) is 0 Å². The van der Waals surface area contributed by atoms with Crippen molar-refractivity contribution in [2.45, 2.75) is 210 Å². The molecule has 0 spiro atoms. The van der Waals surface area contributed by atoms with Crippen molar-refractivity contribution in [2.75, 3.05) is 24.5 Å². The first-order valence-electron chi connectivity index (χ1n) is 32.9. The quantitative estimate of drug-likeness (QED) is 0.0158. The molecule has 6 rings (SSSR count). The molecule has 508 valence electrons. The molecule has 21 nitrogen and oxygen atoms in total. The van der Waals surface area contributed by atoms with Crippen LogP contribution in [0.4, 0.5) is 16.2 Å². The predicted octanol–water partition coefficient (Wildman–Crippen LogP) is 11.8. The SMILES string of the molecule is [CH]CCC[N+]1=C(/C=C/C2=C(Oc3ccccc3)C(=C/C=C3/N(CCCCCC(=O)CCCCCC(CC(=O)CCCCC(=O)NCCCCC(NC(=O)NC(CCC(=O)O)C(=O)O)C(=O)O)C(=O)O)c4ccc(S(=O)(=O)[O-])cc4C3(C)C)/CCC2)C(C)(C)c2ccccc21. The summed E-state index contributed by atoms with van der Waals surface area (Å²) in [4.78, 5) is 98.4. The Morgan fingerprint density at radius 3 is 1.98 bits per heavy atom. The highest BCUT2D eigenvalue weighted by atomic mass is 32.2. The number of nitrogens with one attached hydrogen (secondary N) is 3. The number of fused-ring (bicyclic) bond motifs is 2. The number of allylic oxidation sites excluding steroid dienone is 7. The van der Waals surface area contributed by atoms with E-state index < -0.39 is 76.3 Å². The van der Waals surface area contributed by atoms with E-state index in [2.05, 4.69) is 87.8 Å². The summed E-state index contributed by atoms with van der Waals surface area (Å²) in [6.45, 7) is 16.2. The molecule has 3 aliphatic rings. The van der Waals surface area contributed by atoms with Crippen LogP contribution >= 0.6 is 0 Å². The Morgan fingerprint density at radius 2 is 1.31 bits per heavy atom. The number of carbonyl (C=O) groups excluding carboxylic acids is 4. The number of hydrogen-bond donors (Lipinski definition) is 7. The smallest absolute Gasteiger partial charge is 0.326 e. The topological polar surface area (TPSA) is 326 Å². The molecule has 3 aromatic rings. The molecular formula is C72H93N5O16S. The molecule has 3 unspecified atom stereocenters. The van der Waals surface area contributed by atoms with Crippen LogP contribution in [0, 0.1) is 12.8 Å². The molecule has 2 radical (unpaired) electrons. The van der Waals surface area contributed by atoms with Crippen molar-refractivity contribution in [3.8, 4) is 5.75 Å². The van der Waals surface area contributed by atoms with Crippen LogP contribution in [0.3, 0.4) is 0 Å². The first-order chi connectivity index (χ1) is 44.7. The van der Waals surface area contributed by atoms with E-state index in [0.717, 1.165) is 78.9 Å². The lowest BCUT2D eigenvalue weighted by atomic mass is 9.81. The van der Waals surface area contributed by atoms with E-state index in [1.807, 2.05) is 44.2 Å². The van der Waals surface area contributed by atoms with Crippen molar-refractivity contribution < 1.29 is 81.1 Å². The molecule has 3 amide bonds. The summed E-state index contributed by atoms with van der Waals surface area (Å²) in [5, 5.41) is 44.4. The Balaban J connectivity index is 0.958. The highest BCUT2D eigenvalue weighted by Gasteiger charge is 2.44. The lowest BCUT2D eigenvalue weighted by Gasteiger charge is -2.27. The van der Waals surface area contributed by atoms with E-state index in [1.165, 1.54) is 29.1 Å². The lowest BCUT2D eigenvalue weighted by molar-refractivity contribution is -0.438. The number of unbranched alkanes of at least 4 members (excludes halogenated alkanes) is 7. The lowest BCUT2D eigenvalue weighted by Crippen LogP contribution is -2.51. The zero-order valence-corrected chi connectivity index (χ0v) is 55.4. The van der Waals surface area contributed by atoms with Gasteiger partial charge in [-0.25, -0.2) is 22.8 Å². The van der Waals surface area contributed by atoms with Gasteiger partial charge in [-0.15, -0.1) is 0 Å². The van der Waals surface area contributed by atoms with Crippen LogP contribution in [0.2, 0.25) is 0 Å². The molecule has 0 saturated carbocycles. The van der Waals surface area contributed by atoms with Crippen molar-refractivity contribution in [1.29, 1.82) is 0 Å². The van der Waals surface area contributed by atoms with Gasteiger partial charge >= 0.3 is 29.9 Å². The molecule has 22 heteroatoms. The summed E-state index contributed by atoms with van der Waals surface area (Å²) in [6, 6.07) is 18.9. The van der Waals surface area contributed by atoms with E-state index >= 15 is 0 Å². The number of carboxylic acid groups (broad SMARTS) is 4. The minimum Gasteiger partial charge on any atom is -0.744 e. The number of anilines is 1. The Kier molecular flexibility index (Phi) is 28.5. The van der Waals surface area contributed by atoms with E-state index in [9.17, 15) is 66.6 Å². The molecule has 1 aliphatic carbocycles. The number of carboxylic acids is 4. The van der Waals surface area contributed by atoms with Crippen LogP contribution in [0.1, 0.15) is 193 Å². The number of amides is 3. The van der Waals surface area contributed by atoms with Gasteiger partial charge in [-0.3, -0.25) is 24.0 Å². The number of rotatable bonds is 41. The number of ether oxygens (including phenoxy) is 1. The molecule has 0 aromatic heterocycles. The maximum atomic E-state index is 13.1. The van der Waals surface area contributed by atoms with Crippen LogP contribution in [0.5, 0.6) is 5.75 Å². The molecule has 7 N–H and O–H groups in total. The third kappa shape index (κ3) is 21.9. The highest BCUT2D eigenvalue weighted by molar-refractivity contribution is 7.85. The minimum absolute atomic E-state index is 0.0283. The van der Waals surface area contributed by atoms with E-state index in [-0.39, 0.29) is 72.9 Å². The first-order valence-corrected chi connectivity index (χ1v) is 34.3. The molecular weight excluding hydrogens is 1220 g/mol. The second-order valence-corrected chi connectivity index (χ2v) is 26.9. The van der Waals surface area contributed by atoms with Gasteiger partial charge in [0.2, 0.25) is 11.6 Å². The largest absolute Gasteiger partial charge is 0.744 e. The van der Waals surface area contributed by atoms with Crippen molar-refractivity contribution in [2.24, 2.45) is 5.92 Å². The second-order valence-electron chi connectivity index (χ2n) is 25.5. The number of Topliss-reactive ketones (excluding diaryl/α,β-unsaturated/α-hetero) is 2. The van der Waals surface area contributed by atoms with Crippen molar-refractivity contribution in [3.05, 3.63) is 138 Å². The number of urea groups is 1. The molecule has 0 bridgehead atoms. The third-order valence-electron chi connectivity index (χ3n) is 17.7. The molecule has 3 aromatic carbocycles. The van der Waals surface area contributed by atoms with Crippen molar-refractivity contribution in [3.63, 3.8) is 0 Å². The van der Waals surface area contributed by atoms with Gasteiger partial charge < -0.3 is 50.6 Å². The van der Waals surface area contributed by atoms with Gasteiger partial charge in [-0.1, -0.05) is 75.6 Å². The Morgan fingerprint density at radius 1 is 0.670 bits per heavy atom. The van der Waals surface area contributed by atoms with Gasteiger partial charge in [-0.05, 0) is 170 Å². The fourth-order valence-corrected chi connectivity index (χ4v) is 13.0. The third-order valence-corrected chi connectivity index (χ3v) is 18.6. The summed E-state index contributed by atoms with van der Waals surface area (Å²) in [6.07, 6.45) is 18.0. The van der Waals surface area contributed by atoms with Gasteiger partial charge in [0, 0.05) is 92.5 Å². The summed E-state index contributed by atoms with van der Waals surface area (Å²) < 4.78 is 46.3. The summed E-state index contributed by atoms with van der Waals surface area (Å²) in [5.74, 6) is -4.93. The Labute approximate surface area is 552 Å². The molecule has 2 heterocycles. The number of aliphatic carboxylic acids is 4. The highest BCUT2D eigenvalue weighted by Crippen LogP contribution is 2.49. The number of para-hydroxylation sites is 2. The van der Waals surface area contributed by atoms with Gasteiger partial charge in [0.15, 0.2) is 5.71 Å². The zero-order chi connectivity index (χ0) is 68.6. The fourth-order valence-electron chi connectivity index (χ4n) is 12.5. The van der Waals surface area contributed by atoms with Crippen LogP contribution in [-0.4, -0.2) is 123 Å². The molecule has 0 fully saturated rings. The molecule has 2 aliphatic heterocycles. The number of ketones is 2. The van der Waals surface area contributed by atoms with Crippen LogP contribution in [0.25, 0.3) is 0 Å². The number of nitrogens with zero attached hydrogens (tertiary/aromatic N) is 2. The molecule has 3 atom stereocenters. The fraction of sp³-hybridized carbons (Fsp3) is 0.500.